The number of fused-ring (bicyclic) bond motifs is 1. The molecule has 0 aliphatic carbocycles. The van der Waals surface area contributed by atoms with Gasteiger partial charge >= 0.3 is 0 Å². The molecule has 2 rings (SSSR count). The van der Waals surface area contributed by atoms with Crippen molar-refractivity contribution in [1.29, 1.82) is 0 Å². The van der Waals surface area contributed by atoms with Crippen molar-refractivity contribution in [3.63, 3.8) is 0 Å². The van der Waals surface area contributed by atoms with E-state index in [-0.39, 0.29) is 11.9 Å². The molecule has 1 amide bonds. The van der Waals surface area contributed by atoms with Crippen LogP contribution in [0.25, 0.3) is 0 Å². The van der Waals surface area contributed by atoms with E-state index in [0.29, 0.717) is 5.92 Å². The van der Waals surface area contributed by atoms with Gasteiger partial charge in [-0.05, 0) is 41.0 Å². The molecule has 2 atom stereocenters. The van der Waals surface area contributed by atoms with Gasteiger partial charge < -0.3 is 15.5 Å². The Kier molecular flexibility index (Phi) is 4.70. The number of carbonyl (C=O) groups excluding carboxylic acids is 1. The maximum atomic E-state index is 11.9. The van der Waals surface area contributed by atoms with Gasteiger partial charge in [0.15, 0.2) is 0 Å². The molecule has 5 heteroatoms. The number of nitrogens with zero attached hydrogens (tertiary/aromatic N) is 1. The van der Waals surface area contributed by atoms with Gasteiger partial charge in [0.05, 0.1) is 5.69 Å². The summed E-state index contributed by atoms with van der Waals surface area (Å²) < 4.78 is 1.03. The first kappa shape index (κ1) is 15.3. The highest BCUT2D eigenvalue weighted by Gasteiger charge is 2.30. The number of nitrogens with one attached hydrogen (secondary N) is 2. The lowest BCUT2D eigenvalue weighted by Crippen LogP contribution is -2.24. The molecule has 1 aromatic carbocycles. The molecule has 0 radical (unpaired) electrons. The first-order chi connectivity index (χ1) is 9.47. The van der Waals surface area contributed by atoms with Crippen molar-refractivity contribution in [3.8, 4) is 0 Å². The Morgan fingerprint density at radius 2 is 2.20 bits per heavy atom. The summed E-state index contributed by atoms with van der Waals surface area (Å²) in [5.74, 6) is 0.649. The fourth-order valence-electron chi connectivity index (χ4n) is 2.54. The zero-order valence-electron chi connectivity index (χ0n) is 12.5. The van der Waals surface area contributed by atoms with Crippen molar-refractivity contribution in [1.82, 2.24) is 5.32 Å². The molecule has 2 N–H and O–H groups in total. The van der Waals surface area contributed by atoms with E-state index >= 15 is 0 Å². The van der Waals surface area contributed by atoms with Crippen molar-refractivity contribution in [3.05, 3.63) is 22.2 Å². The molecule has 0 spiro atoms. The van der Waals surface area contributed by atoms with Crippen molar-refractivity contribution in [2.75, 3.05) is 30.9 Å². The lowest BCUT2D eigenvalue weighted by Gasteiger charge is -2.24. The summed E-state index contributed by atoms with van der Waals surface area (Å²) in [5, 5.41) is 5.98. The first-order valence-corrected chi connectivity index (χ1v) is 7.79. The zero-order chi connectivity index (χ0) is 14.9. The van der Waals surface area contributed by atoms with Gasteiger partial charge in [-0.1, -0.05) is 20.3 Å². The molecule has 1 aliphatic heterocycles. The third kappa shape index (κ3) is 2.83. The van der Waals surface area contributed by atoms with Gasteiger partial charge in [0.2, 0.25) is 5.91 Å². The highest BCUT2D eigenvalue weighted by molar-refractivity contribution is 9.10. The Morgan fingerprint density at radius 3 is 2.80 bits per heavy atom. The largest absolute Gasteiger partial charge is 0.373 e. The number of anilines is 2. The van der Waals surface area contributed by atoms with Crippen LogP contribution in [0.15, 0.2) is 16.6 Å². The van der Waals surface area contributed by atoms with Gasteiger partial charge in [-0.2, -0.15) is 0 Å². The summed E-state index contributed by atoms with van der Waals surface area (Å²) in [5.41, 5.74) is 3.02. The van der Waals surface area contributed by atoms with Gasteiger partial charge in [-0.25, -0.2) is 0 Å². The smallest absolute Gasteiger partial charge is 0.246 e. The second-order valence-electron chi connectivity index (χ2n) is 5.50. The Labute approximate surface area is 129 Å². The summed E-state index contributed by atoms with van der Waals surface area (Å²) >= 11 is 3.63. The van der Waals surface area contributed by atoms with E-state index in [1.54, 1.807) is 7.05 Å². The van der Waals surface area contributed by atoms with Crippen LogP contribution in [0.5, 0.6) is 0 Å². The summed E-state index contributed by atoms with van der Waals surface area (Å²) in [7, 11) is 3.89. The molecule has 0 saturated carbocycles. The number of benzene rings is 1. The molecule has 0 fully saturated rings. The van der Waals surface area contributed by atoms with Gasteiger partial charge in [-0.15, -0.1) is 0 Å². The monoisotopic (exact) mass is 339 g/mol. The molecule has 1 heterocycles. The summed E-state index contributed by atoms with van der Waals surface area (Å²) in [6.07, 6.45) is 1.16. The topological polar surface area (TPSA) is 44.4 Å². The number of likely N-dealkylation sites (N-methyl/N-ethyl adjacent to an activating group) is 1. The van der Waals surface area contributed by atoms with Gasteiger partial charge in [0, 0.05) is 29.3 Å². The van der Waals surface area contributed by atoms with Crippen LogP contribution < -0.4 is 15.5 Å². The van der Waals surface area contributed by atoms with Crippen molar-refractivity contribution >= 4 is 33.2 Å². The number of carbonyl (C=O) groups is 1. The van der Waals surface area contributed by atoms with Crippen molar-refractivity contribution in [2.45, 2.75) is 26.3 Å². The number of hydrogen-bond acceptors (Lipinski definition) is 3. The Hall–Kier alpha value is -1.07. The minimum atomic E-state index is -0.254. The van der Waals surface area contributed by atoms with Crippen LogP contribution in [0.2, 0.25) is 0 Å². The van der Waals surface area contributed by atoms with E-state index in [1.807, 2.05) is 6.07 Å². The zero-order valence-corrected chi connectivity index (χ0v) is 14.0. The lowest BCUT2D eigenvalue weighted by atomic mass is 10.1. The van der Waals surface area contributed by atoms with Gasteiger partial charge in [-0.3, -0.25) is 4.79 Å². The Morgan fingerprint density at radius 1 is 1.50 bits per heavy atom. The van der Waals surface area contributed by atoms with E-state index in [9.17, 15) is 4.79 Å². The number of rotatable bonds is 5. The van der Waals surface area contributed by atoms with Crippen LogP contribution in [0.4, 0.5) is 11.4 Å². The van der Waals surface area contributed by atoms with E-state index < -0.39 is 0 Å². The average molecular weight is 340 g/mol. The predicted octanol–water partition coefficient (Wildman–Crippen LogP) is 3.14. The third-order valence-electron chi connectivity index (χ3n) is 3.93. The molecule has 0 saturated heterocycles. The standard InChI is InChI=1S/C15H22BrN3O/c1-5-9(2)8-19(4)13-7-12-10(6-11(13)16)14(17-3)15(20)18-12/h6-7,9,14,17H,5,8H2,1-4H3,(H,18,20). The van der Waals surface area contributed by atoms with Gasteiger partial charge in [0.1, 0.15) is 6.04 Å². The molecular formula is C15H22BrN3O. The molecule has 110 valence electrons. The molecule has 1 aromatic rings. The quantitative estimate of drug-likeness (QED) is 0.866. The normalized spacial score (nSPS) is 18.6. The van der Waals surface area contributed by atoms with E-state index in [4.69, 9.17) is 0 Å². The first-order valence-electron chi connectivity index (χ1n) is 7.00. The minimum absolute atomic E-state index is 0.0103. The van der Waals surface area contributed by atoms with Gasteiger partial charge in [0.25, 0.3) is 0 Å². The second kappa shape index (κ2) is 6.14. The predicted molar refractivity (Wildman–Crippen MR) is 87.3 cm³/mol. The summed E-state index contributed by atoms with van der Waals surface area (Å²) in [6, 6.07) is 3.84. The van der Waals surface area contributed by atoms with Crippen LogP contribution in [0, 0.1) is 5.92 Å². The van der Waals surface area contributed by atoms with Crippen molar-refractivity contribution in [2.24, 2.45) is 5.92 Å². The van der Waals surface area contributed by atoms with Crippen LogP contribution in [-0.2, 0) is 4.79 Å². The van der Waals surface area contributed by atoms with E-state index in [1.165, 1.54) is 0 Å². The fourth-order valence-corrected chi connectivity index (χ4v) is 3.21. The average Bonchev–Trinajstić information content (AvgIpc) is 2.71. The molecule has 0 aromatic heterocycles. The molecule has 0 bridgehead atoms. The second-order valence-corrected chi connectivity index (χ2v) is 6.35. The lowest BCUT2D eigenvalue weighted by molar-refractivity contribution is -0.117. The Balaban J connectivity index is 2.30. The van der Waals surface area contributed by atoms with Crippen molar-refractivity contribution < 1.29 is 4.79 Å². The van der Waals surface area contributed by atoms with E-state index in [2.05, 4.69) is 58.4 Å². The molecule has 4 nitrogen and oxygen atoms in total. The van der Waals surface area contributed by atoms with Crippen LogP contribution in [0.1, 0.15) is 31.9 Å². The molecule has 1 aliphatic rings. The van der Waals surface area contributed by atoms with Crippen LogP contribution in [0.3, 0.4) is 0 Å². The highest BCUT2D eigenvalue weighted by Crippen LogP contribution is 2.38. The maximum absolute atomic E-state index is 11.9. The summed E-state index contributed by atoms with van der Waals surface area (Å²) in [4.78, 5) is 14.1. The minimum Gasteiger partial charge on any atom is -0.373 e. The fraction of sp³-hybridized carbons (Fsp3) is 0.533. The molecule has 20 heavy (non-hydrogen) atoms. The maximum Gasteiger partial charge on any atom is 0.246 e. The summed E-state index contributed by atoms with van der Waals surface area (Å²) in [6.45, 7) is 5.45. The number of halogens is 1. The molecular weight excluding hydrogens is 318 g/mol. The van der Waals surface area contributed by atoms with Crippen LogP contribution in [-0.4, -0.2) is 26.5 Å². The highest BCUT2D eigenvalue weighted by atomic mass is 79.9. The Bertz CT molecular complexity index is 518. The molecule has 2 unspecified atom stereocenters. The SMILES string of the molecule is CCC(C)CN(C)c1cc2c(cc1Br)C(NC)C(=O)N2. The van der Waals surface area contributed by atoms with E-state index in [0.717, 1.165) is 34.4 Å². The number of hydrogen-bond donors (Lipinski definition) is 2. The van der Waals surface area contributed by atoms with Crippen LogP contribution >= 0.6 is 15.9 Å². The number of amides is 1. The third-order valence-corrected chi connectivity index (χ3v) is 4.57.